The summed E-state index contributed by atoms with van der Waals surface area (Å²) in [7, 11) is 0. The van der Waals surface area contributed by atoms with E-state index in [9.17, 15) is 5.11 Å². The largest absolute Gasteiger partial charge is 0.491 e. The number of rotatable bonds is 6. The molecule has 0 bridgehead atoms. The SMILES string of the molecule is [NH3+]C[C@@H](O)COc1cccc(Oc2ccccc2)c1. The molecule has 0 saturated heterocycles. The van der Waals surface area contributed by atoms with Gasteiger partial charge in [0.05, 0.1) is 0 Å². The van der Waals surface area contributed by atoms with Crippen molar-refractivity contribution in [1.29, 1.82) is 0 Å². The lowest BCUT2D eigenvalue weighted by atomic mass is 10.3. The van der Waals surface area contributed by atoms with E-state index >= 15 is 0 Å². The third-order valence-electron chi connectivity index (χ3n) is 2.56. The van der Waals surface area contributed by atoms with Crippen LogP contribution in [-0.4, -0.2) is 24.4 Å². The number of hydrogen-bond acceptors (Lipinski definition) is 3. The molecule has 0 heterocycles. The first-order valence-electron chi connectivity index (χ1n) is 6.21. The predicted octanol–water partition coefficient (Wildman–Crippen LogP) is 1.46. The zero-order chi connectivity index (χ0) is 13.5. The molecule has 1 atom stereocenters. The molecule has 0 aromatic heterocycles. The molecule has 4 nitrogen and oxygen atoms in total. The predicted molar refractivity (Wildman–Crippen MR) is 72.2 cm³/mol. The van der Waals surface area contributed by atoms with Crippen molar-refractivity contribution in [2.24, 2.45) is 0 Å². The number of aliphatic hydroxyl groups excluding tert-OH is 1. The summed E-state index contributed by atoms with van der Waals surface area (Å²) in [6.45, 7) is 0.665. The molecule has 0 fully saturated rings. The summed E-state index contributed by atoms with van der Waals surface area (Å²) in [6.07, 6.45) is -0.543. The van der Waals surface area contributed by atoms with E-state index in [4.69, 9.17) is 9.47 Å². The van der Waals surface area contributed by atoms with Gasteiger partial charge in [-0.25, -0.2) is 0 Å². The van der Waals surface area contributed by atoms with E-state index in [2.05, 4.69) is 5.73 Å². The van der Waals surface area contributed by atoms with Gasteiger partial charge in [0.2, 0.25) is 0 Å². The highest BCUT2D eigenvalue weighted by molar-refractivity contribution is 5.36. The molecule has 0 spiro atoms. The highest BCUT2D eigenvalue weighted by atomic mass is 16.5. The van der Waals surface area contributed by atoms with Gasteiger partial charge in [-0.05, 0) is 24.3 Å². The van der Waals surface area contributed by atoms with Crippen molar-refractivity contribution in [2.75, 3.05) is 13.2 Å². The maximum Gasteiger partial charge on any atom is 0.136 e. The van der Waals surface area contributed by atoms with Gasteiger partial charge >= 0.3 is 0 Å². The fourth-order valence-electron chi connectivity index (χ4n) is 1.53. The molecule has 2 aromatic carbocycles. The van der Waals surface area contributed by atoms with E-state index in [0.29, 0.717) is 18.0 Å². The van der Waals surface area contributed by atoms with Crippen LogP contribution in [0, 0.1) is 0 Å². The van der Waals surface area contributed by atoms with E-state index in [0.717, 1.165) is 5.75 Å². The maximum absolute atomic E-state index is 9.40. The molecule has 2 rings (SSSR count). The fraction of sp³-hybridized carbons (Fsp3) is 0.200. The summed E-state index contributed by atoms with van der Waals surface area (Å²) >= 11 is 0. The lowest BCUT2D eigenvalue weighted by Crippen LogP contribution is -2.56. The molecular formula is C15H18NO3+. The highest BCUT2D eigenvalue weighted by Gasteiger charge is 2.05. The van der Waals surface area contributed by atoms with Crippen LogP contribution in [0.3, 0.4) is 0 Å². The van der Waals surface area contributed by atoms with Crippen molar-refractivity contribution in [3.05, 3.63) is 54.6 Å². The first-order valence-corrected chi connectivity index (χ1v) is 6.21. The van der Waals surface area contributed by atoms with Crippen LogP contribution in [0.2, 0.25) is 0 Å². The van der Waals surface area contributed by atoms with Gasteiger partial charge in [-0.1, -0.05) is 24.3 Å². The monoisotopic (exact) mass is 260 g/mol. The summed E-state index contributed by atoms with van der Waals surface area (Å²) < 4.78 is 11.2. The zero-order valence-corrected chi connectivity index (χ0v) is 10.7. The van der Waals surface area contributed by atoms with Crippen molar-refractivity contribution in [1.82, 2.24) is 0 Å². The minimum atomic E-state index is -0.543. The van der Waals surface area contributed by atoms with Crippen LogP contribution in [0.1, 0.15) is 0 Å². The van der Waals surface area contributed by atoms with Crippen molar-refractivity contribution >= 4 is 0 Å². The Morgan fingerprint density at radius 2 is 1.63 bits per heavy atom. The molecule has 4 N–H and O–H groups in total. The van der Waals surface area contributed by atoms with E-state index in [1.165, 1.54) is 0 Å². The van der Waals surface area contributed by atoms with Gasteiger partial charge in [0.25, 0.3) is 0 Å². The van der Waals surface area contributed by atoms with Gasteiger partial charge in [-0.15, -0.1) is 0 Å². The summed E-state index contributed by atoms with van der Waals surface area (Å²) in [5, 5.41) is 9.40. The Balaban J connectivity index is 1.99. The number of hydrogen-bond donors (Lipinski definition) is 2. The molecule has 19 heavy (non-hydrogen) atoms. The second-order valence-electron chi connectivity index (χ2n) is 4.14. The number of ether oxygens (including phenoxy) is 2. The van der Waals surface area contributed by atoms with Crippen LogP contribution >= 0.6 is 0 Å². The van der Waals surface area contributed by atoms with Gasteiger partial charge in [0.1, 0.15) is 36.5 Å². The van der Waals surface area contributed by atoms with Gasteiger partial charge < -0.3 is 20.3 Å². The van der Waals surface area contributed by atoms with Crippen molar-refractivity contribution in [3.8, 4) is 17.2 Å². The molecule has 0 aliphatic carbocycles. The minimum absolute atomic E-state index is 0.234. The Morgan fingerprint density at radius 3 is 2.37 bits per heavy atom. The Labute approximate surface area is 112 Å². The number of benzene rings is 2. The van der Waals surface area contributed by atoms with E-state index in [-0.39, 0.29) is 6.61 Å². The van der Waals surface area contributed by atoms with Crippen LogP contribution in [0.5, 0.6) is 17.2 Å². The molecule has 0 aliphatic heterocycles. The van der Waals surface area contributed by atoms with Gasteiger partial charge in [0, 0.05) is 6.07 Å². The van der Waals surface area contributed by atoms with Crippen molar-refractivity contribution < 1.29 is 20.3 Å². The molecule has 0 unspecified atom stereocenters. The molecule has 0 aliphatic rings. The zero-order valence-electron chi connectivity index (χ0n) is 10.7. The Morgan fingerprint density at radius 1 is 0.947 bits per heavy atom. The molecule has 2 aromatic rings. The molecule has 4 heteroatoms. The second kappa shape index (κ2) is 6.78. The second-order valence-corrected chi connectivity index (χ2v) is 4.14. The first kappa shape index (κ1) is 13.4. The average molecular weight is 260 g/mol. The van der Waals surface area contributed by atoms with E-state index < -0.39 is 6.10 Å². The molecule has 100 valence electrons. The number of quaternary nitrogens is 1. The maximum atomic E-state index is 9.40. The normalized spacial score (nSPS) is 11.9. The van der Waals surface area contributed by atoms with Crippen LogP contribution in [-0.2, 0) is 0 Å². The number of para-hydroxylation sites is 1. The average Bonchev–Trinajstić information content (AvgIpc) is 2.46. The van der Waals surface area contributed by atoms with Gasteiger partial charge in [-0.3, -0.25) is 0 Å². The standard InChI is InChI=1S/C15H17NO3/c16-10-12(17)11-18-14-7-4-8-15(9-14)19-13-5-2-1-3-6-13/h1-9,12,17H,10-11,16H2/p+1/t12-/m1/s1. The Kier molecular flexibility index (Phi) is 4.78. The molecule has 0 radical (unpaired) electrons. The smallest absolute Gasteiger partial charge is 0.136 e. The van der Waals surface area contributed by atoms with Crippen molar-refractivity contribution in [2.45, 2.75) is 6.10 Å². The van der Waals surface area contributed by atoms with Crippen LogP contribution in [0.15, 0.2) is 54.6 Å². The summed E-state index contributed by atoms with van der Waals surface area (Å²) in [5.41, 5.74) is 3.62. The topological polar surface area (TPSA) is 66.3 Å². The Bertz CT molecular complexity index is 502. The van der Waals surface area contributed by atoms with Gasteiger partial charge in [-0.2, -0.15) is 0 Å². The first-order chi connectivity index (χ1) is 9.28. The minimum Gasteiger partial charge on any atom is -0.491 e. The van der Waals surface area contributed by atoms with E-state index in [1.54, 1.807) is 6.07 Å². The third kappa shape index (κ3) is 4.28. The lowest BCUT2D eigenvalue weighted by molar-refractivity contribution is -0.384. The third-order valence-corrected chi connectivity index (χ3v) is 2.56. The number of aliphatic hydroxyl groups is 1. The lowest BCUT2D eigenvalue weighted by Gasteiger charge is -2.10. The Hall–Kier alpha value is -2.04. The van der Waals surface area contributed by atoms with Gasteiger partial charge in [0.15, 0.2) is 0 Å². The summed E-state index contributed by atoms with van der Waals surface area (Å²) in [6, 6.07) is 16.9. The molecule has 0 amide bonds. The van der Waals surface area contributed by atoms with Crippen molar-refractivity contribution in [3.63, 3.8) is 0 Å². The highest BCUT2D eigenvalue weighted by Crippen LogP contribution is 2.24. The molecular weight excluding hydrogens is 242 g/mol. The summed E-state index contributed by atoms with van der Waals surface area (Å²) in [4.78, 5) is 0. The molecule has 0 saturated carbocycles. The van der Waals surface area contributed by atoms with Crippen LogP contribution < -0.4 is 15.2 Å². The van der Waals surface area contributed by atoms with Crippen LogP contribution in [0.25, 0.3) is 0 Å². The summed E-state index contributed by atoms with van der Waals surface area (Å²) in [5.74, 6) is 2.14. The quantitative estimate of drug-likeness (QED) is 0.826. The van der Waals surface area contributed by atoms with E-state index in [1.807, 2.05) is 48.5 Å². The fourth-order valence-corrected chi connectivity index (χ4v) is 1.53. The van der Waals surface area contributed by atoms with Crippen LogP contribution in [0.4, 0.5) is 0 Å².